The van der Waals surface area contributed by atoms with Crippen LogP contribution in [0.1, 0.15) is 21.5 Å². The van der Waals surface area contributed by atoms with Crippen molar-refractivity contribution in [2.24, 2.45) is 0 Å². The molecule has 138 valence electrons. The Morgan fingerprint density at radius 3 is 2.07 bits per heavy atom. The summed E-state index contributed by atoms with van der Waals surface area (Å²) in [6.07, 6.45) is 0.363. The first-order valence-corrected chi connectivity index (χ1v) is 8.86. The standard InChI is InChI=1S/C23H19N3O2/c24-16-18-11-13-20(14-12-18)25-23(28)21(15-17-7-3-1-4-8-17)26-22(27)19-9-5-2-6-10-19/h1-14,21H,15H2,(H,25,28)(H,26,27). The van der Waals surface area contributed by atoms with Crippen LogP contribution in [0.25, 0.3) is 0 Å². The molecular formula is C23H19N3O2. The van der Waals surface area contributed by atoms with Crippen LogP contribution in [0, 0.1) is 11.3 Å². The third-order valence-electron chi connectivity index (χ3n) is 4.22. The molecular weight excluding hydrogens is 350 g/mol. The largest absolute Gasteiger partial charge is 0.340 e. The molecule has 0 saturated carbocycles. The first-order valence-electron chi connectivity index (χ1n) is 8.86. The highest BCUT2D eigenvalue weighted by molar-refractivity contribution is 6.01. The van der Waals surface area contributed by atoms with Gasteiger partial charge in [-0.3, -0.25) is 9.59 Å². The lowest BCUT2D eigenvalue weighted by Crippen LogP contribution is -2.45. The van der Waals surface area contributed by atoms with Crippen molar-refractivity contribution in [1.29, 1.82) is 5.26 Å². The maximum Gasteiger partial charge on any atom is 0.251 e. The number of amides is 2. The molecule has 0 bridgehead atoms. The van der Waals surface area contributed by atoms with Crippen LogP contribution in [0.5, 0.6) is 0 Å². The van der Waals surface area contributed by atoms with Crippen LogP contribution in [0.15, 0.2) is 84.9 Å². The van der Waals surface area contributed by atoms with Crippen LogP contribution in [0.3, 0.4) is 0 Å². The van der Waals surface area contributed by atoms with Gasteiger partial charge in [0.2, 0.25) is 5.91 Å². The van der Waals surface area contributed by atoms with Gasteiger partial charge in [0.05, 0.1) is 11.6 Å². The molecule has 3 rings (SSSR count). The van der Waals surface area contributed by atoms with Gasteiger partial charge in [0.1, 0.15) is 6.04 Å². The lowest BCUT2D eigenvalue weighted by Gasteiger charge is -2.19. The van der Waals surface area contributed by atoms with Gasteiger partial charge < -0.3 is 10.6 Å². The molecule has 28 heavy (non-hydrogen) atoms. The molecule has 5 heteroatoms. The lowest BCUT2D eigenvalue weighted by atomic mass is 10.0. The third kappa shape index (κ3) is 5.05. The van der Waals surface area contributed by atoms with Gasteiger partial charge in [-0.05, 0) is 42.0 Å². The van der Waals surface area contributed by atoms with Gasteiger partial charge >= 0.3 is 0 Å². The molecule has 0 spiro atoms. The fraction of sp³-hybridized carbons (Fsp3) is 0.0870. The Balaban J connectivity index is 1.77. The Hall–Kier alpha value is -3.91. The highest BCUT2D eigenvalue weighted by atomic mass is 16.2. The summed E-state index contributed by atoms with van der Waals surface area (Å²) in [7, 11) is 0. The number of nitrogens with one attached hydrogen (secondary N) is 2. The van der Waals surface area contributed by atoms with Gasteiger partial charge in [-0.25, -0.2) is 0 Å². The summed E-state index contributed by atoms with van der Waals surface area (Å²) in [4.78, 5) is 25.4. The second-order valence-corrected chi connectivity index (χ2v) is 6.26. The smallest absolute Gasteiger partial charge is 0.251 e. The summed E-state index contributed by atoms with van der Waals surface area (Å²) in [5.74, 6) is -0.630. The van der Waals surface area contributed by atoms with E-state index in [9.17, 15) is 9.59 Å². The fourth-order valence-corrected chi connectivity index (χ4v) is 2.75. The first kappa shape index (κ1) is 18.9. The van der Waals surface area contributed by atoms with Crippen molar-refractivity contribution >= 4 is 17.5 Å². The SMILES string of the molecule is N#Cc1ccc(NC(=O)C(Cc2ccccc2)NC(=O)c2ccccc2)cc1. The Bertz CT molecular complexity index is 978. The molecule has 1 unspecified atom stereocenters. The topological polar surface area (TPSA) is 82.0 Å². The minimum Gasteiger partial charge on any atom is -0.340 e. The van der Waals surface area contributed by atoms with E-state index in [2.05, 4.69) is 10.6 Å². The first-order chi connectivity index (χ1) is 13.7. The van der Waals surface area contributed by atoms with Crippen LogP contribution >= 0.6 is 0 Å². The average molecular weight is 369 g/mol. The van der Waals surface area contributed by atoms with Crippen molar-refractivity contribution in [2.45, 2.75) is 12.5 Å². The molecule has 2 amide bonds. The molecule has 2 N–H and O–H groups in total. The quantitative estimate of drug-likeness (QED) is 0.697. The van der Waals surface area contributed by atoms with E-state index < -0.39 is 6.04 Å². The summed E-state index contributed by atoms with van der Waals surface area (Å²) in [5, 5.41) is 14.5. The number of carbonyl (C=O) groups is 2. The lowest BCUT2D eigenvalue weighted by molar-refractivity contribution is -0.118. The summed E-state index contributed by atoms with van der Waals surface area (Å²) >= 11 is 0. The zero-order valence-corrected chi connectivity index (χ0v) is 15.1. The Labute approximate surface area is 163 Å². The number of benzene rings is 3. The van der Waals surface area contributed by atoms with Gasteiger partial charge in [0, 0.05) is 17.7 Å². The fourth-order valence-electron chi connectivity index (χ4n) is 2.75. The van der Waals surface area contributed by atoms with E-state index >= 15 is 0 Å². The monoisotopic (exact) mass is 369 g/mol. The molecule has 0 heterocycles. The molecule has 0 aliphatic heterocycles. The molecule has 0 radical (unpaired) electrons. The van der Waals surface area contributed by atoms with Crippen LogP contribution < -0.4 is 10.6 Å². The number of rotatable bonds is 6. The van der Waals surface area contributed by atoms with Crippen molar-refractivity contribution in [3.05, 3.63) is 102 Å². The van der Waals surface area contributed by atoms with E-state index in [0.717, 1.165) is 5.56 Å². The highest BCUT2D eigenvalue weighted by Gasteiger charge is 2.22. The highest BCUT2D eigenvalue weighted by Crippen LogP contribution is 2.11. The van der Waals surface area contributed by atoms with Crippen LogP contribution in [-0.4, -0.2) is 17.9 Å². The molecule has 0 aliphatic carbocycles. The van der Waals surface area contributed by atoms with E-state index in [4.69, 9.17) is 5.26 Å². The van der Waals surface area contributed by atoms with Crippen LogP contribution in [0.2, 0.25) is 0 Å². The molecule has 1 atom stereocenters. The van der Waals surface area contributed by atoms with E-state index in [1.165, 1.54) is 0 Å². The van der Waals surface area contributed by atoms with Crippen molar-refractivity contribution < 1.29 is 9.59 Å². The summed E-state index contributed by atoms with van der Waals surface area (Å²) in [6.45, 7) is 0. The van der Waals surface area contributed by atoms with E-state index in [1.54, 1.807) is 48.5 Å². The van der Waals surface area contributed by atoms with Gasteiger partial charge in [0.25, 0.3) is 5.91 Å². The maximum absolute atomic E-state index is 12.8. The van der Waals surface area contributed by atoms with E-state index in [-0.39, 0.29) is 11.8 Å². The maximum atomic E-state index is 12.8. The second-order valence-electron chi connectivity index (χ2n) is 6.26. The van der Waals surface area contributed by atoms with Gasteiger partial charge in [-0.2, -0.15) is 5.26 Å². The Morgan fingerprint density at radius 2 is 1.46 bits per heavy atom. The molecule has 0 aliphatic rings. The second kappa shape index (κ2) is 9.15. The Kier molecular flexibility index (Phi) is 6.17. The molecule has 3 aromatic rings. The van der Waals surface area contributed by atoms with Crippen LogP contribution in [0.4, 0.5) is 5.69 Å². The number of nitriles is 1. The van der Waals surface area contributed by atoms with Gasteiger partial charge in [-0.1, -0.05) is 48.5 Å². The predicted molar refractivity (Wildman–Crippen MR) is 108 cm³/mol. The van der Waals surface area contributed by atoms with Crippen molar-refractivity contribution in [2.75, 3.05) is 5.32 Å². The molecule has 0 saturated heterocycles. The Morgan fingerprint density at radius 1 is 0.857 bits per heavy atom. The number of carbonyl (C=O) groups excluding carboxylic acids is 2. The van der Waals surface area contributed by atoms with Crippen molar-refractivity contribution in [3.63, 3.8) is 0 Å². The molecule has 3 aromatic carbocycles. The van der Waals surface area contributed by atoms with Gasteiger partial charge in [0.15, 0.2) is 0 Å². The van der Waals surface area contributed by atoms with Crippen LogP contribution in [-0.2, 0) is 11.2 Å². The third-order valence-corrected chi connectivity index (χ3v) is 4.22. The minimum absolute atomic E-state index is 0.309. The number of hydrogen-bond acceptors (Lipinski definition) is 3. The van der Waals surface area contributed by atoms with Gasteiger partial charge in [-0.15, -0.1) is 0 Å². The number of anilines is 1. The molecule has 0 fully saturated rings. The average Bonchev–Trinajstić information content (AvgIpc) is 2.75. The van der Waals surface area contributed by atoms with E-state index in [0.29, 0.717) is 23.2 Å². The summed E-state index contributed by atoms with van der Waals surface area (Å²) in [6, 6.07) is 26.2. The summed E-state index contributed by atoms with van der Waals surface area (Å²) in [5.41, 5.74) is 2.51. The summed E-state index contributed by atoms with van der Waals surface area (Å²) < 4.78 is 0. The normalized spacial score (nSPS) is 11.1. The molecule has 0 aromatic heterocycles. The van der Waals surface area contributed by atoms with Crippen molar-refractivity contribution in [3.8, 4) is 6.07 Å². The zero-order valence-electron chi connectivity index (χ0n) is 15.1. The van der Waals surface area contributed by atoms with Crippen molar-refractivity contribution in [1.82, 2.24) is 5.32 Å². The predicted octanol–water partition coefficient (Wildman–Crippen LogP) is 3.54. The number of nitrogens with zero attached hydrogens (tertiary/aromatic N) is 1. The molecule has 5 nitrogen and oxygen atoms in total. The zero-order chi connectivity index (χ0) is 19.8. The number of hydrogen-bond donors (Lipinski definition) is 2. The van der Waals surface area contributed by atoms with E-state index in [1.807, 2.05) is 42.5 Å². The minimum atomic E-state index is -0.745.